The molecule has 2 rings (SSSR count). The van der Waals surface area contributed by atoms with E-state index in [-0.39, 0.29) is 5.91 Å². The Bertz CT molecular complexity index is 566. The maximum atomic E-state index is 12.3. The molecule has 0 aromatic carbocycles. The summed E-state index contributed by atoms with van der Waals surface area (Å²) in [5.41, 5.74) is 3.87. The standard InChI is InChI=1S/C20H35N3O/c1-7-20(4,5)16-8-10-17(11-9-16)21-19(24)13-12-18-14(2)22-23(6)15(18)3/h16-17H,7-13H2,1-6H3,(H,21,24). The van der Waals surface area contributed by atoms with E-state index in [1.165, 1.54) is 30.5 Å². The van der Waals surface area contributed by atoms with Crippen molar-refractivity contribution >= 4 is 5.91 Å². The zero-order chi connectivity index (χ0) is 17.9. The SMILES string of the molecule is CCC(C)(C)C1CCC(NC(=O)CCc2c(C)nn(C)c2C)CC1. The van der Waals surface area contributed by atoms with Crippen molar-refractivity contribution in [3.05, 3.63) is 17.0 Å². The first-order chi connectivity index (χ1) is 11.2. The second kappa shape index (κ2) is 7.71. The van der Waals surface area contributed by atoms with Crippen LogP contribution < -0.4 is 5.32 Å². The average Bonchev–Trinajstić information content (AvgIpc) is 2.78. The van der Waals surface area contributed by atoms with Crippen molar-refractivity contribution in [3.63, 3.8) is 0 Å². The molecule has 0 spiro atoms. The van der Waals surface area contributed by atoms with E-state index in [2.05, 4.69) is 38.1 Å². The number of aryl methyl sites for hydroxylation is 2. The molecule has 0 saturated heterocycles. The molecule has 1 heterocycles. The Morgan fingerprint density at radius 2 is 1.88 bits per heavy atom. The highest BCUT2D eigenvalue weighted by Gasteiger charge is 2.32. The van der Waals surface area contributed by atoms with Gasteiger partial charge in [-0.05, 0) is 62.8 Å². The molecule has 24 heavy (non-hydrogen) atoms. The van der Waals surface area contributed by atoms with Gasteiger partial charge < -0.3 is 5.32 Å². The van der Waals surface area contributed by atoms with E-state index >= 15 is 0 Å². The third kappa shape index (κ3) is 4.40. The molecule has 1 N–H and O–H groups in total. The van der Waals surface area contributed by atoms with Gasteiger partial charge in [-0.25, -0.2) is 0 Å². The summed E-state index contributed by atoms with van der Waals surface area (Å²) in [6.07, 6.45) is 7.33. The molecule has 1 aliphatic rings. The van der Waals surface area contributed by atoms with Crippen LogP contribution in [-0.4, -0.2) is 21.7 Å². The smallest absolute Gasteiger partial charge is 0.220 e. The van der Waals surface area contributed by atoms with Gasteiger partial charge in [-0.1, -0.05) is 27.2 Å². The van der Waals surface area contributed by atoms with Crippen LogP contribution in [0.1, 0.15) is 76.2 Å². The van der Waals surface area contributed by atoms with E-state index in [1.807, 2.05) is 18.7 Å². The average molecular weight is 334 g/mol. The van der Waals surface area contributed by atoms with Gasteiger partial charge >= 0.3 is 0 Å². The summed E-state index contributed by atoms with van der Waals surface area (Å²) < 4.78 is 1.90. The first-order valence-corrected chi connectivity index (χ1v) is 9.53. The highest BCUT2D eigenvalue weighted by molar-refractivity contribution is 5.76. The second-order valence-corrected chi connectivity index (χ2v) is 8.23. The molecule has 1 aromatic rings. The number of amides is 1. The lowest BCUT2D eigenvalue weighted by atomic mass is 9.69. The molecule has 0 unspecified atom stereocenters. The van der Waals surface area contributed by atoms with E-state index in [9.17, 15) is 4.79 Å². The summed E-state index contributed by atoms with van der Waals surface area (Å²) in [4.78, 5) is 12.3. The largest absolute Gasteiger partial charge is 0.353 e. The molecule has 136 valence electrons. The first-order valence-electron chi connectivity index (χ1n) is 9.53. The molecular formula is C20H35N3O. The summed E-state index contributed by atoms with van der Waals surface area (Å²) in [5, 5.41) is 7.69. The van der Waals surface area contributed by atoms with Crippen molar-refractivity contribution in [1.82, 2.24) is 15.1 Å². The minimum atomic E-state index is 0.191. The van der Waals surface area contributed by atoms with Gasteiger partial charge in [0.15, 0.2) is 0 Å². The number of hydrogen-bond acceptors (Lipinski definition) is 2. The molecule has 0 radical (unpaired) electrons. The normalized spacial score (nSPS) is 21.8. The van der Waals surface area contributed by atoms with E-state index in [0.29, 0.717) is 17.9 Å². The fraction of sp³-hybridized carbons (Fsp3) is 0.800. The van der Waals surface area contributed by atoms with Crippen molar-refractivity contribution in [2.75, 3.05) is 0 Å². The monoisotopic (exact) mass is 333 g/mol. The Balaban J connectivity index is 1.78. The molecule has 1 saturated carbocycles. The summed E-state index contributed by atoms with van der Waals surface area (Å²) in [6, 6.07) is 0.373. The topological polar surface area (TPSA) is 46.9 Å². The molecule has 0 aliphatic heterocycles. The number of hydrogen-bond donors (Lipinski definition) is 1. The van der Waals surface area contributed by atoms with E-state index in [4.69, 9.17) is 0 Å². The molecule has 1 aliphatic carbocycles. The van der Waals surface area contributed by atoms with Crippen LogP contribution in [-0.2, 0) is 18.3 Å². The van der Waals surface area contributed by atoms with Gasteiger partial charge in [0.2, 0.25) is 5.91 Å². The van der Waals surface area contributed by atoms with Crippen LogP contribution in [0.5, 0.6) is 0 Å². The molecule has 0 atom stereocenters. The Morgan fingerprint density at radius 1 is 1.25 bits per heavy atom. The second-order valence-electron chi connectivity index (χ2n) is 8.23. The van der Waals surface area contributed by atoms with Crippen LogP contribution in [0, 0.1) is 25.2 Å². The summed E-state index contributed by atoms with van der Waals surface area (Å²) in [6.45, 7) is 11.2. The molecule has 1 amide bonds. The number of aromatic nitrogens is 2. The van der Waals surface area contributed by atoms with Crippen LogP contribution >= 0.6 is 0 Å². The van der Waals surface area contributed by atoms with E-state index in [1.54, 1.807) is 0 Å². The zero-order valence-electron chi connectivity index (χ0n) is 16.4. The Kier molecular flexibility index (Phi) is 6.11. The van der Waals surface area contributed by atoms with Gasteiger partial charge in [0.05, 0.1) is 5.69 Å². The first kappa shape index (κ1) is 19.0. The number of nitrogens with zero attached hydrogens (tertiary/aromatic N) is 2. The minimum absolute atomic E-state index is 0.191. The van der Waals surface area contributed by atoms with Crippen LogP contribution in [0.25, 0.3) is 0 Å². The lowest BCUT2D eigenvalue weighted by Crippen LogP contribution is -2.40. The highest BCUT2D eigenvalue weighted by Crippen LogP contribution is 2.40. The van der Waals surface area contributed by atoms with Crippen LogP contribution in [0.3, 0.4) is 0 Å². The van der Waals surface area contributed by atoms with Crippen molar-refractivity contribution in [1.29, 1.82) is 0 Å². The summed E-state index contributed by atoms with van der Waals surface area (Å²) >= 11 is 0. The molecule has 4 nitrogen and oxygen atoms in total. The lowest BCUT2D eigenvalue weighted by Gasteiger charge is -2.39. The summed E-state index contributed by atoms with van der Waals surface area (Å²) in [5.74, 6) is 0.993. The van der Waals surface area contributed by atoms with Crippen molar-refractivity contribution in [3.8, 4) is 0 Å². The Hall–Kier alpha value is -1.32. The fourth-order valence-electron chi connectivity index (χ4n) is 4.03. The van der Waals surface area contributed by atoms with Crippen molar-refractivity contribution in [2.45, 2.75) is 85.6 Å². The minimum Gasteiger partial charge on any atom is -0.353 e. The van der Waals surface area contributed by atoms with Gasteiger partial charge in [0, 0.05) is 25.2 Å². The van der Waals surface area contributed by atoms with E-state index in [0.717, 1.165) is 30.9 Å². The number of carbonyl (C=O) groups excluding carboxylic acids is 1. The maximum Gasteiger partial charge on any atom is 0.220 e. The predicted octanol–water partition coefficient (Wildman–Crippen LogP) is 4.08. The van der Waals surface area contributed by atoms with Gasteiger partial charge in [0.25, 0.3) is 0 Å². The van der Waals surface area contributed by atoms with Crippen molar-refractivity contribution in [2.24, 2.45) is 18.4 Å². The van der Waals surface area contributed by atoms with Gasteiger partial charge in [-0.3, -0.25) is 9.48 Å². The number of rotatable bonds is 6. The third-order valence-electron chi connectivity index (χ3n) is 6.37. The molecule has 1 aromatic heterocycles. The van der Waals surface area contributed by atoms with Gasteiger partial charge in [0.1, 0.15) is 0 Å². The summed E-state index contributed by atoms with van der Waals surface area (Å²) in [7, 11) is 1.96. The molecule has 1 fully saturated rings. The number of nitrogens with one attached hydrogen (secondary N) is 1. The third-order valence-corrected chi connectivity index (χ3v) is 6.37. The Morgan fingerprint density at radius 3 is 2.38 bits per heavy atom. The van der Waals surface area contributed by atoms with Crippen LogP contribution in [0.4, 0.5) is 0 Å². The Labute approximate surface area is 147 Å². The molecule has 4 heteroatoms. The number of carbonyl (C=O) groups is 1. The van der Waals surface area contributed by atoms with Crippen LogP contribution in [0.2, 0.25) is 0 Å². The maximum absolute atomic E-state index is 12.3. The fourth-order valence-corrected chi connectivity index (χ4v) is 4.03. The zero-order valence-corrected chi connectivity index (χ0v) is 16.4. The predicted molar refractivity (Wildman–Crippen MR) is 99.0 cm³/mol. The molecule has 0 bridgehead atoms. The molecular weight excluding hydrogens is 298 g/mol. The highest BCUT2D eigenvalue weighted by atomic mass is 16.1. The van der Waals surface area contributed by atoms with E-state index < -0.39 is 0 Å². The van der Waals surface area contributed by atoms with Crippen molar-refractivity contribution < 1.29 is 4.79 Å². The van der Waals surface area contributed by atoms with Crippen LogP contribution in [0.15, 0.2) is 0 Å². The quantitative estimate of drug-likeness (QED) is 0.852. The van der Waals surface area contributed by atoms with Gasteiger partial charge in [-0.2, -0.15) is 5.10 Å². The lowest BCUT2D eigenvalue weighted by molar-refractivity contribution is -0.122. The van der Waals surface area contributed by atoms with Gasteiger partial charge in [-0.15, -0.1) is 0 Å².